The van der Waals surface area contributed by atoms with Gasteiger partial charge in [0.2, 0.25) is 0 Å². The minimum atomic E-state index is -0.932. The van der Waals surface area contributed by atoms with E-state index in [2.05, 4.69) is 29.0 Å². The maximum atomic E-state index is 11.2. The normalized spacial score (nSPS) is 20.1. The molecule has 1 unspecified atom stereocenters. The van der Waals surface area contributed by atoms with Gasteiger partial charge in [-0.3, -0.25) is 4.79 Å². The Bertz CT molecular complexity index is 499. The number of hydrogen-bond acceptors (Lipinski definition) is 5. The molecule has 0 radical (unpaired) electrons. The maximum absolute atomic E-state index is 11.2. The van der Waals surface area contributed by atoms with E-state index in [1.807, 2.05) is 5.38 Å². The molecule has 0 aromatic carbocycles. The summed E-state index contributed by atoms with van der Waals surface area (Å²) in [5.74, 6) is -0.199. The minimum Gasteiger partial charge on any atom is -0.481 e. The summed E-state index contributed by atoms with van der Waals surface area (Å²) in [6, 6.07) is 0.609. The highest BCUT2D eigenvalue weighted by atomic mass is 32.1. The van der Waals surface area contributed by atoms with Crippen LogP contribution in [0.25, 0.3) is 0 Å². The van der Waals surface area contributed by atoms with E-state index in [9.17, 15) is 9.90 Å². The molecule has 6 heteroatoms. The van der Waals surface area contributed by atoms with Gasteiger partial charge in [0, 0.05) is 24.5 Å². The molecular weight excluding hydrogens is 286 g/mol. The second-order valence-electron chi connectivity index (χ2n) is 6.59. The monoisotopic (exact) mass is 311 g/mol. The van der Waals surface area contributed by atoms with Crippen LogP contribution in [0, 0.1) is 5.92 Å². The van der Waals surface area contributed by atoms with E-state index in [1.165, 1.54) is 24.3 Å². The van der Waals surface area contributed by atoms with E-state index in [0.717, 1.165) is 18.2 Å². The van der Waals surface area contributed by atoms with Gasteiger partial charge in [0.05, 0.1) is 5.69 Å². The zero-order valence-electron chi connectivity index (χ0n) is 13.2. The molecule has 1 atom stereocenters. The fourth-order valence-electron chi connectivity index (χ4n) is 2.48. The third-order valence-corrected chi connectivity index (χ3v) is 5.07. The predicted molar refractivity (Wildman–Crippen MR) is 86.1 cm³/mol. The summed E-state index contributed by atoms with van der Waals surface area (Å²) in [6.07, 6.45) is 1.21. The van der Waals surface area contributed by atoms with E-state index in [1.54, 1.807) is 13.8 Å². The molecule has 0 amide bonds. The number of likely N-dealkylation sites (tertiary alicyclic amines) is 1. The fourth-order valence-corrected chi connectivity index (χ4v) is 3.37. The average Bonchev–Trinajstić information content (AvgIpc) is 3.05. The summed E-state index contributed by atoms with van der Waals surface area (Å²) in [6.45, 7) is 11.0. The van der Waals surface area contributed by atoms with Crippen LogP contribution in [0.15, 0.2) is 5.38 Å². The lowest BCUT2D eigenvalue weighted by Gasteiger charge is -2.20. The highest BCUT2D eigenvalue weighted by molar-refractivity contribution is 7.13. The first-order chi connectivity index (χ1) is 9.80. The third-order valence-electron chi connectivity index (χ3n) is 4.27. The van der Waals surface area contributed by atoms with Gasteiger partial charge in [0.25, 0.3) is 0 Å². The van der Waals surface area contributed by atoms with Gasteiger partial charge in [0.15, 0.2) is 5.13 Å². The molecule has 5 nitrogen and oxygen atoms in total. The fraction of sp³-hybridized carbons (Fsp3) is 0.733. The largest absolute Gasteiger partial charge is 0.481 e. The summed E-state index contributed by atoms with van der Waals surface area (Å²) < 4.78 is 0. The molecule has 1 aromatic rings. The van der Waals surface area contributed by atoms with E-state index >= 15 is 0 Å². The number of anilines is 1. The molecule has 0 saturated carbocycles. The highest BCUT2D eigenvalue weighted by Gasteiger charge is 2.32. The second-order valence-corrected chi connectivity index (χ2v) is 7.45. The Balaban J connectivity index is 1.88. The predicted octanol–water partition coefficient (Wildman–Crippen LogP) is 2.65. The summed E-state index contributed by atoms with van der Waals surface area (Å²) in [5.41, 5.74) is -0.309. The lowest BCUT2D eigenvalue weighted by Crippen LogP contribution is -2.29. The van der Waals surface area contributed by atoms with Gasteiger partial charge in [-0.1, -0.05) is 0 Å². The first-order valence-corrected chi connectivity index (χ1v) is 8.36. The average molecular weight is 311 g/mol. The summed E-state index contributed by atoms with van der Waals surface area (Å²) in [7, 11) is 0. The molecule has 118 valence electrons. The zero-order valence-corrected chi connectivity index (χ0v) is 14.0. The number of aliphatic carboxylic acids is 1. The van der Waals surface area contributed by atoms with Gasteiger partial charge in [-0.25, -0.2) is 4.98 Å². The van der Waals surface area contributed by atoms with Crippen molar-refractivity contribution in [3.63, 3.8) is 0 Å². The number of hydrogen-bond donors (Lipinski definition) is 2. The summed E-state index contributed by atoms with van der Waals surface area (Å²) >= 11 is 1.49. The Labute approximate surface area is 130 Å². The van der Waals surface area contributed by atoms with Crippen molar-refractivity contribution in [1.82, 2.24) is 9.88 Å². The first-order valence-electron chi connectivity index (χ1n) is 7.48. The van der Waals surface area contributed by atoms with Crippen molar-refractivity contribution in [1.29, 1.82) is 0 Å². The lowest BCUT2D eigenvalue weighted by atomic mass is 9.90. The van der Waals surface area contributed by atoms with E-state index in [0.29, 0.717) is 17.7 Å². The molecule has 1 aliphatic heterocycles. The van der Waals surface area contributed by atoms with Crippen LogP contribution in [-0.2, 0) is 10.2 Å². The third kappa shape index (κ3) is 3.74. The van der Waals surface area contributed by atoms with Gasteiger partial charge in [-0.2, -0.15) is 0 Å². The standard InChI is InChI=1S/C15H25N3O2S/c1-10(2)18-6-5-11(8-18)7-16-14-17-12(9-21-14)15(3,4)13(19)20/h9-11H,5-8H2,1-4H3,(H,16,17)(H,19,20). The molecule has 1 saturated heterocycles. The number of carbonyl (C=O) groups is 1. The number of nitrogens with zero attached hydrogens (tertiary/aromatic N) is 2. The van der Waals surface area contributed by atoms with Crippen LogP contribution >= 0.6 is 11.3 Å². The van der Waals surface area contributed by atoms with Crippen LogP contribution in [0.4, 0.5) is 5.13 Å². The van der Waals surface area contributed by atoms with Crippen LogP contribution in [0.2, 0.25) is 0 Å². The zero-order chi connectivity index (χ0) is 15.6. The Hall–Kier alpha value is -1.14. The van der Waals surface area contributed by atoms with E-state index < -0.39 is 11.4 Å². The molecule has 1 fully saturated rings. The van der Waals surface area contributed by atoms with Crippen molar-refractivity contribution in [2.75, 3.05) is 25.0 Å². The molecule has 0 bridgehead atoms. The van der Waals surface area contributed by atoms with Crippen molar-refractivity contribution in [2.45, 2.75) is 45.6 Å². The molecule has 21 heavy (non-hydrogen) atoms. The van der Waals surface area contributed by atoms with Crippen LogP contribution in [-0.4, -0.2) is 46.6 Å². The minimum absolute atomic E-state index is 0.609. The molecule has 1 aromatic heterocycles. The number of rotatable bonds is 6. The topological polar surface area (TPSA) is 65.5 Å². The molecule has 2 rings (SSSR count). The number of thiazole rings is 1. The van der Waals surface area contributed by atoms with Gasteiger partial charge in [-0.05, 0) is 46.6 Å². The number of aromatic nitrogens is 1. The Morgan fingerprint density at radius 2 is 2.33 bits per heavy atom. The smallest absolute Gasteiger partial charge is 0.315 e. The van der Waals surface area contributed by atoms with E-state index in [4.69, 9.17) is 0 Å². The van der Waals surface area contributed by atoms with Crippen LogP contribution in [0.5, 0.6) is 0 Å². The van der Waals surface area contributed by atoms with Crippen LogP contribution in [0.1, 0.15) is 39.8 Å². The molecule has 2 heterocycles. The van der Waals surface area contributed by atoms with Crippen molar-refractivity contribution in [3.05, 3.63) is 11.1 Å². The SMILES string of the molecule is CC(C)N1CCC(CNc2nc(C(C)(C)C(=O)O)cs2)C1. The van der Waals surface area contributed by atoms with Crippen molar-refractivity contribution in [3.8, 4) is 0 Å². The van der Waals surface area contributed by atoms with Gasteiger partial charge < -0.3 is 15.3 Å². The van der Waals surface area contributed by atoms with Gasteiger partial charge in [0.1, 0.15) is 5.41 Å². The lowest BCUT2D eigenvalue weighted by molar-refractivity contribution is -0.142. The number of nitrogens with one attached hydrogen (secondary N) is 1. The summed E-state index contributed by atoms with van der Waals surface area (Å²) in [5, 5.41) is 15.3. The number of carboxylic acid groups (broad SMARTS) is 1. The van der Waals surface area contributed by atoms with Crippen LogP contribution in [0.3, 0.4) is 0 Å². The Morgan fingerprint density at radius 1 is 1.62 bits per heavy atom. The van der Waals surface area contributed by atoms with Crippen molar-refractivity contribution < 1.29 is 9.90 Å². The Morgan fingerprint density at radius 3 is 2.90 bits per heavy atom. The molecular formula is C15H25N3O2S. The summed E-state index contributed by atoms with van der Waals surface area (Å²) in [4.78, 5) is 18.2. The van der Waals surface area contributed by atoms with E-state index in [-0.39, 0.29) is 0 Å². The first kappa shape index (κ1) is 16.2. The number of carboxylic acids is 1. The molecule has 0 spiro atoms. The van der Waals surface area contributed by atoms with Crippen molar-refractivity contribution in [2.24, 2.45) is 5.92 Å². The molecule has 2 N–H and O–H groups in total. The highest BCUT2D eigenvalue weighted by Crippen LogP contribution is 2.28. The van der Waals surface area contributed by atoms with Gasteiger partial charge in [-0.15, -0.1) is 11.3 Å². The Kier molecular flexibility index (Phi) is 4.88. The quantitative estimate of drug-likeness (QED) is 0.845. The van der Waals surface area contributed by atoms with Crippen LogP contribution < -0.4 is 5.32 Å². The molecule has 0 aliphatic carbocycles. The second kappa shape index (κ2) is 6.32. The molecule has 1 aliphatic rings. The van der Waals surface area contributed by atoms with Crippen molar-refractivity contribution >= 4 is 22.4 Å². The maximum Gasteiger partial charge on any atom is 0.315 e. The van der Waals surface area contributed by atoms with Gasteiger partial charge >= 0.3 is 5.97 Å².